The van der Waals surface area contributed by atoms with Gasteiger partial charge in [-0.25, -0.2) is 0 Å². The minimum absolute atomic E-state index is 0.921. The average molecular weight is 205 g/mol. The normalized spacial score (nSPS) is 12.2. The van der Waals surface area contributed by atoms with Crippen LogP contribution in [0.15, 0.2) is 35.3 Å². The fourth-order valence-corrected chi connectivity index (χ4v) is 1.35. The summed E-state index contributed by atoms with van der Waals surface area (Å²) in [5.41, 5.74) is 1.18. The summed E-state index contributed by atoms with van der Waals surface area (Å²) in [5, 5.41) is 0. The van der Waals surface area contributed by atoms with E-state index in [0.29, 0.717) is 0 Å². The lowest BCUT2D eigenvalue weighted by Crippen LogP contribution is -2.35. The second-order valence-corrected chi connectivity index (χ2v) is 4.81. The van der Waals surface area contributed by atoms with Gasteiger partial charge >= 0.3 is 0 Å². The maximum Gasteiger partial charge on any atom is 0.0798 e. The number of benzene rings is 1. The van der Waals surface area contributed by atoms with Gasteiger partial charge in [0.2, 0.25) is 0 Å². The van der Waals surface area contributed by atoms with Crippen molar-refractivity contribution < 1.29 is 4.48 Å². The topological polar surface area (TPSA) is 12.4 Å². The molecule has 0 N–H and O–H groups in total. The van der Waals surface area contributed by atoms with Crippen LogP contribution in [0.5, 0.6) is 0 Å². The van der Waals surface area contributed by atoms with Gasteiger partial charge in [-0.15, -0.1) is 0 Å². The molecule has 2 heteroatoms. The van der Waals surface area contributed by atoms with Crippen LogP contribution in [0, 0.1) is 0 Å². The van der Waals surface area contributed by atoms with Crippen molar-refractivity contribution in [2.45, 2.75) is 6.42 Å². The second kappa shape index (κ2) is 5.66. The quantitative estimate of drug-likeness (QED) is 0.397. The van der Waals surface area contributed by atoms with Gasteiger partial charge in [0.25, 0.3) is 0 Å². The molecule has 0 atom stereocenters. The minimum Gasteiger partial charge on any atom is -0.331 e. The van der Waals surface area contributed by atoms with E-state index in [1.54, 1.807) is 0 Å². The summed E-state index contributed by atoms with van der Waals surface area (Å²) >= 11 is 0. The molecule has 0 spiro atoms. The van der Waals surface area contributed by atoms with Crippen molar-refractivity contribution in [3.05, 3.63) is 35.9 Å². The van der Waals surface area contributed by atoms with Crippen LogP contribution >= 0.6 is 0 Å². The third-order valence-electron chi connectivity index (χ3n) is 2.16. The summed E-state index contributed by atoms with van der Waals surface area (Å²) in [7, 11) is 6.63. The molecule has 0 aliphatic carbocycles. The SMILES string of the molecule is C[N+](C)(C)CCCN=Cc1ccccc1. The van der Waals surface area contributed by atoms with Crippen LogP contribution in [-0.4, -0.2) is 44.9 Å². The van der Waals surface area contributed by atoms with Gasteiger partial charge in [-0.1, -0.05) is 30.3 Å². The zero-order chi connectivity index (χ0) is 11.1. The second-order valence-electron chi connectivity index (χ2n) is 4.81. The molecule has 0 aromatic heterocycles. The van der Waals surface area contributed by atoms with Crippen LogP contribution in [0.3, 0.4) is 0 Å². The number of rotatable bonds is 5. The van der Waals surface area contributed by atoms with Gasteiger partial charge in [0, 0.05) is 19.2 Å². The lowest BCUT2D eigenvalue weighted by Gasteiger charge is -2.23. The molecular weight excluding hydrogens is 184 g/mol. The van der Waals surface area contributed by atoms with E-state index in [-0.39, 0.29) is 0 Å². The molecule has 0 fully saturated rings. The predicted molar refractivity (Wildman–Crippen MR) is 66.4 cm³/mol. The van der Waals surface area contributed by atoms with Crippen LogP contribution in [-0.2, 0) is 0 Å². The Morgan fingerprint density at radius 2 is 1.80 bits per heavy atom. The Hall–Kier alpha value is -1.15. The van der Waals surface area contributed by atoms with Crippen LogP contribution in [0.2, 0.25) is 0 Å². The third kappa shape index (κ3) is 6.02. The Bertz CT molecular complexity index is 296. The molecule has 0 unspecified atom stereocenters. The predicted octanol–water partition coefficient (Wildman–Crippen LogP) is 2.20. The number of quaternary nitrogens is 1. The van der Waals surface area contributed by atoms with Gasteiger partial charge in [0.15, 0.2) is 0 Å². The number of hydrogen-bond donors (Lipinski definition) is 0. The monoisotopic (exact) mass is 205 g/mol. The van der Waals surface area contributed by atoms with Crippen molar-refractivity contribution in [1.29, 1.82) is 0 Å². The smallest absolute Gasteiger partial charge is 0.0798 e. The Morgan fingerprint density at radius 1 is 1.13 bits per heavy atom. The molecule has 1 rings (SSSR count). The highest BCUT2D eigenvalue weighted by Gasteiger charge is 2.04. The minimum atomic E-state index is 0.921. The van der Waals surface area contributed by atoms with Crippen LogP contribution in [0.4, 0.5) is 0 Å². The molecule has 82 valence electrons. The lowest BCUT2D eigenvalue weighted by molar-refractivity contribution is -0.870. The molecule has 0 saturated heterocycles. The number of hydrogen-bond acceptors (Lipinski definition) is 1. The Labute approximate surface area is 92.9 Å². The molecule has 1 aromatic carbocycles. The summed E-state index contributed by atoms with van der Waals surface area (Å²) < 4.78 is 1.01. The van der Waals surface area contributed by atoms with E-state index in [1.165, 1.54) is 12.1 Å². The molecule has 0 aliphatic rings. The number of nitrogens with zero attached hydrogens (tertiary/aromatic N) is 2. The summed E-state index contributed by atoms with van der Waals surface area (Å²) in [5.74, 6) is 0. The molecule has 0 radical (unpaired) electrons. The Morgan fingerprint density at radius 3 is 2.40 bits per heavy atom. The number of aliphatic imine (C=N–C) groups is 1. The van der Waals surface area contributed by atoms with E-state index in [9.17, 15) is 0 Å². The zero-order valence-electron chi connectivity index (χ0n) is 9.98. The highest BCUT2D eigenvalue weighted by molar-refractivity contribution is 5.79. The summed E-state index contributed by atoms with van der Waals surface area (Å²) in [4.78, 5) is 4.41. The highest BCUT2D eigenvalue weighted by Crippen LogP contribution is 1.96. The Kier molecular flexibility index (Phi) is 4.50. The maximum absolute atomic E-state index is 4.41. The van der Waals surface area contributed by atoms with Gasteiger partial charge in [-0.3, -0.25) is 4.99 Å². The van der Waals surface area contributed by atoms with E-state index in [1.807, 2.05) is 24.4 Å². The highest BCUT2D eigenvalue weighted by atomic mass is 15.3. The van der Waals surface area contributed by atoms with E-state index < -0.39 is 0 Å². The van der Waals surface area contributed by atoms with Crippen LogP contribution in [0.25, 0.3) is 0 Å². The first-order chi connectivity index (χ1) is 7.08. The molecule has 0 heterocycles. The van der Waals surface area contributed by atoms with Crippen molar-refractivity contribution in [3.8, 4) is 0 Å². The van der Waals surface area contributed by atoms with Gasteiger partial charge in [0.05, 0.1) is 27.7 Å². The molecule has 15 heavy (non-hydrogen) atoms. The summed E-state index contributed by atoms with van der Waals surface area (Å²) in [6, 6.07) is 10.2. The summed E-state index contributed by atoms with van der Waals surface area (Å²) in [6.45, 7) is 2.09. The van der Waals surface area contributed by atoms with Crippen molar-refractivity contribution >= 4 is 6.21 Å². The fourth-order valence-electron chi connectivity index (χ4n) is 1.35. The van der Waals surface area contributed by atoms with Crippen molar-refractivity contribution in [3.63, 3.8) is 0 Å². The molecule has 0 saturated carbocycles. The van der Waals surface area contributed by atoms with E-state index in [2.05, 4.69) is 38.3 Å². The first-order valence-corrected chi connectivity index (χ1v) is 5.43. The van der Waals surface area contributed by atoms with Crippen molar-refractivity contribution in [1.82, 2.24) is 0 Å². The first-order valence-electron chi connectivity index (χ1n) is 5.43. The van der Waals surface area contributed by atoms with E-state index in [4.69, 9.17) is 0 Å². The average Bonchev–Trinajstić information content (AvgIpc) is 2.17. The van der Waals surface area contributed by atoms with Gasteiger partial charge < -0.3 is 4.48 Å². The molecule has 0 aliphatic heterocycles. The van der Waals surface area contributed by atoms with Gasteiger partial charge in [-0.2, -0.15) is 0 Å². The van der Waals surface area contributed by atoms with Gasteiger partial charge in [0.1, 0.15) is 0 Å². The van der Waals surface area contributed by atoms with E-state index >= 15 is 0 Å². The molecular formula is C13H21N2+. The fraction of sp³-hybridized carbons (Fsp3) is 0.462. The first kappa shape index (κ1) is 11.9. The van der Waals surface area contributed by atoms with Crippen molar-refractivity contribution in [2.75, 3.05) is 34.2 Å². The molecule has 0 amide bonds. The zero-order valence-corrected chi connectivity index (χ0v) is 9.98. The van der Waals surface area contributed by atoms with Crippen LogP contribution in [0.1, 0.15) is 12.0 Å². The molecule has 1 aromatic rings. The standard InChI is InChI=1S/C13H21N2/c1-15(2,3)11-7-10-14-12-13-8-5-4-6-9-13/h4-6,8-9,12H,7,10-11H2,1-3H3/q+1. The Balaban J connectivity index is 2.24. The molecule has 2 nitrogen and oxygen atoms in total. The van der Waals surface area contributed by atoms with E-state index in [0.717, 1.165) is 17.4 Å². The summed E-state index contributed by atoms with van der Waals surface area (Å²) in [6.07, 6.45) is 3.10. The lowest BCUT2D eigenvalue weighted by atomic mass is 10.2. The molecule has 0 bridgehead atoms. The maximum atomic E-state index is 4.41. The van der Waals surface area contributed by atoms with Crippen LogP contribution < -0.4 is 0 Å². The largest absolute Gasteiger partial charge is 0.331 e. The third-order valence-corrected chi connectivity index (χ3v) is 2.16. The van der Waals surface area contributed by atoms with Crippen molar-refractivity contribution in [2.24, 2.45) is 4.99 Å². The van der Waals surface area contributed by atoms with Gasteiger partial charge in [-0.05, 0) is 5.56 Å².